The van der Waals surface area contributed by atoms with E-state index in [9.17, 15) is 18.0 Å². The van der Waals surface area contributed by atoms with Crippen molar-refractivity contribution >= 4 is 5.97 Å². The van der Waals surface area contributed by atoms with Crippen LogP contribution in [0, 0.1) is 5.92 Å². The first-order valence-corrected chi connectivity index (χ1v) is 4.64. The lowest BCUT2D eigenvalue weighted by molar-refractivity contribution is -0.168. The Morgan fingerprint density at radius 2 is 1.93 bits per heavy atom. The molecule has 5 heteroatoms. The van der Waals surface area contributed by atoms with Crippen LogP contribution in [0.5, 0.6) is 0 Å². The highest BCUT2D eigenvalue weighted by Gasteiger charge is 2.35. The first-order valence-electron chi connectivity index (χ1n) is 4.64. The maximum Gasteiger partial charge on any atom is 0.389 e. The highest BCUT2D eigenvalue weighted by atomic mass is 19.4. The van der Waals surface area contributed by atoms with E-state index in [1.54, 1.807) is 13.8 Å². The zero-order valence-corrected chi connectivity index (χ0v) is 8.36. The summed E-state index contributed by atoms with van der Waals surface area (Å²) in [5.74, 6) is -1.80. The summed E-state index contributed by atoms with van der Waals surface area (Å²) < 4.78 is 40.6. The minimum absolute atomic E-state index is 0.155. The molecule has 1 unspecified atom stereocenters. The van der Waals surface area contributed by atoms with Crippen LogP contribution in [0.25, 0.3) is 0 Å². The van der Waals surface area contributed by atoms with Crippen molar-refractivity contribution in [2.24, 2.45) is 5.92 Å². The smallest absolute Gasteiger partial charge is 0.389 e. The van der Waals surface area contributed by atoms with Crippen LogP contribution < -0.4 is 0 Å². The van der Waals surface area contributed by atoms with Crippen molar-refractivity contribution in [3.05, 3.63) is 0 Å². The molecular formula is C9H15F3O2. The van der Waals surface area contributed by atoms with Crippen molar-refractivity contribution in [1.29, 1.82) is 0 Å². The van der Waals surface area contributed by atoms with Crippen LogP contribution in [0.3, 0.4) is 0 Å². The first-order chi connectivity index (χ1) is 6.40. The number of carbonyl (C=O) groups is 1. The predicted molar refractivity (Wildman–Crippen MR) is 45.7 cm³/mol. The fraction of sp³-hybridized carbons (Fsp3) is 0.889. The number of ether oxygens (including phenoxy) is 1. The van der Waals surface area contributed by atoms with E-state index in [-0.39, 0.29) is 13.0 Å². The molecule has 0 heterocycles. The van der Waals surface area contributed by atoms with Gasteiger partial charge < -0.3 is 4.74 Å². The molecule has 0 aromatic carbocycles. The Hall–Kier alpha value is -0.740. The van der Waals surface area contributed by atoms with Crippen molar-refractivity contribution in [2.45, 2.75) is 39.3 Å². The number of halogens is 3. The van der Waals surface area contributed by atoms with Crippen LogP contribution in [0.4, 0.5) is 13.2 Å². The monoisotopic (exact) mass is 212 g/mol. The molecule has 0 aliphatic carbocycles. The average Bonchev–Trinajstić information content (AvgIpc) is 2.08. The number of hydrogen-bond donors (Lipinski definition) is 0. The van der Waals surface area contributed by atoms with Crippen LogP contribution in [0.15, 0.2) is 0 Å². The molecule has 0 amide bonds. The Morgan fingerprint density at radius 1 is 1.36 bits per heavy atom. The van der Waals surface area contributed by atoms with Gasteiger partial charge in [0.05, 0.1) is 18.9 Å². The van der Waals surface area contributed by atoms with Gasteiger partial charge in [-0.3, -0.25) is 4.79 Å². The summed E-state index contributed by atoms with van der Waals surface area (Å²) >= 11 is 0. The molecule has 84 valence electrons. The van der Waals surface area contributed by atoms with Crippen LogP contribution in [0.2, 0.25) is 0 Å². The van der Waals surface area contributed by atoms with E-state index in [1.165, 1.54) is 0 Å². The second-order valence-corrected chi connectivity index (χ2v) is 3.09. The molecule has 14 heavy (non-hydrogen) atoms. The summed E-state index contributed by atoms with van der Waals surface area (Å²) in [6, 6.07) is 0. The quantitative estimate of drug-likeness (QED) is 0.655. The minimum atomic E-state index is -4.30. The van der Waals surface area contributed by atoms with Gasteiger partial charge in [0.1, 0.15) is 0 Å². The van der Waals surface area contributed by atoms with Crippen molar-refractivity contribution < 1.29 is 22.7 Å². The van der Waals surface area contributed by atoms with E-state index in [4.69, 9.17) is 0 Å². The second kappa shape index (κ2) is 5.88. The van der Waals surface area contributed by atoms with Gasteiger partial charge in [0.25, 0.3) is 0 Å². The molecule has 0 aliphatic rings. The maximum absolute atomic E-state index is 12.0. The summed E-state index contributed by atoms with van der Waals surface area (Å²) in [5.41, 5.74) is 0. The highest BCUT2D eigenvalue weighted by Crippen LogP contribution is 2.27. The molecule has 0 aromatic rings. The highest BCUT2D eigenvalue weighted by molar-refractivity contribution is 5.72. The third-order valence-electron chi connectivity index (χ3n) is 1.75. The summed E-state index contributed by atoms with van der Waals surface area (Å²) in [5, 5.41) is 0. The van der Waals surface area contributed by atoms with Gasteiger partial charge >= 0.3 is 12.1 Å². The zero-order chi connectivity index (χ0) is 11.2. The molecule has 0 rings (SSSR count). The summed E-state index contributed by atoms with van der Waals surface area (Å²) in [7, 11) is 0. The van der Waals surface area contributed by atoms with Gasteiger partial charge in [0.15, 0.2) is 0 Å². The Balaban J connectivity index is 4.06. The van der Waals surface area contributed by atoms with Gasteiger partial charge in [-0.15, -0.1) is 0 Å². The van der Waals surface area contributed by atoms with Gasteiger partial charge in [-0.1, -0.05) is 13.8 Å². The van der Waals surface area contributed by atoms with Gasteiger partial charge in [-0.25, -0.2) is 0 Å². The first kappa shape index (κ1) is 13.3. The lowest BCUT2D eigenvalue weighted by Crippen LogP contribution is -2.24. The lowest BCUT2D eigenvalue weighted by Gasteiger charge is -2.15. The Morgan fingerprint density at radius 3 is 2.29 bits per heavy atom. The lowest BCUT2D eigenvalue weighted by atomic mass is 10.0. The Kier molecular flexibility index (Phi) is 5.57. The molecule has 0 spiro atoms. The molecule has 0 bridgehead atoms. The van der Waals surface area contributed by atoms with E-state index in [1.807, 2.05) is 0 Å². The molecular weight excluding hydrogens is 197 g/mol. The van der Waals surface area contributed by atoms with Crippen molar-refractivity contribution in [3.63, 3.8) is 0 Å². The normalized spacial score (nSPS) is 13.8. The molecule has 1 atom stereocenters. The van der Waals surface area contributed by atoms with Gasteiger partial charge in [-0.2, -0.15) is 13.2 Å². The largest absolute Gasteiger partial charge is 0.465 e. The molecule has 0 radical (unpaired) electrons. The van der Waals surface area contributed by atoms with Gasteiger partial charge in [0.2, 0.25) is 0 Å². The van der Waals surface area contributed by atoms with Crippen LogP contribution in [-0.4, -0.2) is 18.8 Å². The van der Waals surface area contributed by atoms with Crippen LogP contribution in [-0.2, 0) is 9.53 Å². The second-order valence-electron chi connectivity index (χ2n) is 3.09. The molecule has 0 aliphatic heterocycles. The van der Waals surface area contributed by atoms with Crippen LogP contribution in [0.1, 0.15) is 33.1 Å². The van der Waals surface area contributed by atoms with Gasteiger partial charge in [0, 0.05) is 0 Å². The fourth-order valence-corrected chi connectivity index (χ4v) is 0.994. The Labute approximate surface area is 81.4 Å². The number of carbonyl (C=O) groups excluding carboxylic acids is 1. The van der Waals surface area contributed by atoms with E-state index < -0.39 is 24.5 Å². The van der Waals surface area contributed by atoms with E-state index in [0.29, 0.717) is 6.42 Å². The maximum atomic E-state index is 12.0. The molecule has 2 nitrogen and oxygen atoms in total. The topological polar surface area (TPSA) is 26.3 Å². The molecule has 0 saturated heterocycles. The number of alkyl halides is 3. The zero-order valence-electron chi connectivity index (χ0n) is 8.36. The summed E-state index contributed by atoms with van der Waals surface area (Å²) in [4.78, 5) is 11.1. The molecule has 0 saturated carbocycles. The number of rotatable bonds is 5. The number of esters is 1. The Bertz CT molecular complexity index is 177. The van der Waals surface area contributed by atoms with Crippen molar-refractivity contribution in [2.75, 3.05) is 6.61 Å². The van der Waals surface area contributed by atoms with E-state index in [0.717, 1.165) is 0 Å². The third kappa shape index (κ3) is 5.83. The fourth-order valence-electron chi connectivity index (χ4n) is 0.994. The third-order valence-corrected chi connectivity index (χ3v) is 1.75. The van der Waals surface area contributed by atoms with Crippen LogP contribution >= 0.6 is 0 Å². The van der Waals surface area contributed by atoms with E-state index >= 15 is 0 Å². The van der Waals surface area contributed by atoms with Gasteiger partial charge in [-0.05, 0) is 12.8 Å². The minimum Gasteiger partial charge on any atom is -0.465 e. The van der Waals surface area contributed by atoms with E-state index in [2.05, 4.69) is 4.74 Å². The summed E-state index contributed by atoms with van der Waals surface area (Å²) in [6.07, 6.45) is -4.62. The van der Waals surface area contributed by atoms with Crippen molar-refractivity contribution in [1.82, 2.24) is 0 Å². The SMILES string of the molecule is CCCOC(=O)C(CC)CC(F)(F)F. The standard InChI is InChI=1S/C9H15F3O2/c1-3-5-14-8(13)7(4-2)6-9(10,11)12/h7H,3-6H2,1-2H3. The van der Waals surface area contributed by atoms with Crippen molar-refractivity contribution in [3.8, 4) is 0 Å². The average molecular weight is 212 g/mol. The number of hydrogen-bond acceptors (Lipinski definition) is 2. The molecule has 0 fully saturated rings. The predicted octanol–water partition coefficient (Wildman–Crippen LogP) is 2.92. The molecule has 0 aromatic heterocycles. The molecule has 0 N–H and O–H groups in total. The summed E-state index contributed by atoms with van der Waals surface area (Å²) in [6.45, 7) is 3.52.